The van der Waals surface area contributed by atoms with Crippen LogP contribution in [0.4, 0.5) is 11.8 Å². The minimum absolute atomic E-state index is 0.290. The highest BCUT2D eigenvalue weighted by Gasteiger charge is 2.17. The van der Waals surface area contributed by atoms with E-state index < -0.39 is 0 Å². The first-order chi connectivity index (χ1) is 14.1. The number of pyridine rings is 1. The van der Waals surface area contributed by atoms with Gasteiger partial charge in [-0.05, 0) is 43.2 Å². The summed E-state index contributed by atoms with van der Waals surface area (Å²) in [5, 5.41) is 18.1. The van der Waals surface area contributed by atoms with Crippen LogP contribution in [0, 0.1) is 25.2 Å². The van der Waals surface area contributed by atoms with E-state index in [0.29, 0.717) is 22.8 Å². The predicted molar refractivity (Wildman–Crippen MR) is 110 cm³/mol. The van der Waals surface area contributed by atoms with Gasteiger partial charge in [-0.1, -0.05) is 30.3 Å². The molecule has 0 bridgehead atoms. The Bertz CT molecular complexity index is 1390. The van der Waals surface area contributed by atoms with Gasteiger partial charge in [0.15, 0.2) is 17.2 Å². The Kier molecular flexibility index (Phi) is 3.78. The molecule has 0 radical (unpaired) electrons. The maximum atomic E-state index is 9.55. The van der Waals surface area contributed by atoms with Crippen molar-refractivity contribution in [3.63, 3.8) is 0 Å². The molecule has 3 aromatic heterocycles. The fourth-order valence-electron chi connectivity index (χ4n) is 3.40. The number of anilines is 2. The van der Waals surface area contributed by atoms with Gasteiger partial charge in [0.05, 0.1) is 11.7 Å². The molecule has 7 nitrogen and oxygen atoms in total. The summed E-state index contributed by atoms with van der Waals surface area (Å²) in [6, 6.07) is 18.0. The highest BCUT2D eigenvalue weighted by atomic mass is 16.4. The molecule has 0 fully saturated rings. The minimum Gasteiger partial charge on any atom is -0.423 e. The lowest BCUT2D eigenvalue weighted by Gasteiger charge is -2.11. The van der Waals surface area contributed by atoms with Crippen LogP contribution in [-0.4, -0.2) is 19.7 Å². The molecular weight excluding hydrogens is 364 g/mol. The van der Waals surface area contributed by atoms with Crippen molar-refractivity contribution in [1.82, 2.24) is 19.7 Å². The van der Waals surface area contributed by atoms with Gasteiger partial charge in [0.25, 0.3) is 0 Å². The van der Waals surface area contributed by atoms with Crippen molar-refractivity contribution in [1.29, 1.82) is 5.26 Å². The average Bonchev–Trinajstić information content (AvgIpc) is 3.32. The van der Waals surface area contributed by atoms with Crippen LogP contribution in [0.3, 0.4) is 0 Å². The van der Waals surface area contributed by atoms with E-state index in [4.69, 9.17) is 9.40 Å². The summed E-state index contributed by atoms with van der Waals surface area (Å²) in [6.45, 7) is 4.06. The number of aromatic nitrogens is 4. The highest BCUT2D eigenvalue weighted by Crippen LogP contribution is 2.28. The van der Waals surface area contributed by atoms with E-state index >= 15 is 0 Å². The molecule has 0 atom stereocenters. The summed E-state index contributed by atoms with van der Waals surface area (Å²) < 4.78 is 7.36. The molecule has 140 valence electrons. The molecule has 7 heteroatoms. The fourth-order valence-corrected chi connectivity index (χ4v) is 3.40. The van der Waals surface area contributed by atoms with E-state index in [0.717, 1.165) is 27.5 Å². The first-order valence-corrected chi connectivity index (χ1v) is 9.12. The molecule has 5 aromatic rings. The average molecular weight is 380 g/mol. The lowest BCUT2D eigenvalue weighted by Crippen LogP contribution is -2.06. The molecule has 0 spiro atoms. The third-order valence-corrected chi connectivity index (χ3v) is 4.86. The number of hydrogen-bond acceptors (Lipinski definition) is 6. The van der Waals surface area contributed by atoms with Gasteiger partial charge in [-0.3, -0.25) is 5.32 Å². The van der Waals surface area contributed by atoms with Crippen molar-refractivity contribution in [3.05, 3.63) is 71.4 Å². The van der Waals surface area contributed by atoms with Crippen molar-refractivity contribution in [2.45, 2.75) is 13.8 Å². The molecule has 3 heterocycles. The predicted octanol–water partition coefficient (Wildman–Crippen LogP) is 4.79. The zero-order chi connectivity index (χ0) is 20.0. The van der Waals surface area contributed by atoms with E-state index in [1.807, 2.05) is 56.3 Å². The molecular formula is C22H16N6O. The molecule has 1 N–H and O–H groups in total. The van der Waals surface area contributed by atoms with E-state index in [1.165, 1.54) is 6.20 Å². The Balaban J connectivity index is 1.65. The normalized spacial score (nSPS) is 11.1. The number of fused-ring (bicyclic) bond motifs is 2. The van der Waals surface area contributed by atoms with Crippen molar-refractivity contribution in [2.24, 2.45) is 0 Å². The Morgan fingerprint density at radius 1 is 1.03 bits per heavy atom. The van der Waals surface area contributed by atoms with Gasteiger partial charge in [-0.25, -0.2) is 4.98 Å². The minimum atomic E-state index is 0.290. The van der Waals surface area contributed by atoms with Crippen molar-refractivity contribution < 1.29 is 4.42 Å². The van der Waals surface area contributed by atoms with Crippen molar-refractivity contribution in [2.75, 3.05) is 5.32 Å². The number of benzene rings is 2. The van der Waals surface area contributed by atoms with E-state index in [1.54, 1.807) is 4.68 Å². The zero-order valence-corrected chi connectivity index (χ0v) is 15.8. The Morgan fingerprint density at radius 3 is 2.72 bits per heavy atom. The van der Waals surface area contributed by atoms with Crippen LogP contribution in [0.5, 0.6) is 0 Å². The van der Waals surface area contributed by atoms with E-state index in [2.05, 4.69) is 27.5 Å². The van der Waals surface area contributed by atoms with Gasteiger partial charge in [0.2, 0.25) is 0 Å². The second kappa shape index (κ2) is 6.46. The number of rotatable bonds is 3. The largest absolute Gasteiger partial charge is 0.423 e. The molecule has 0 saturated heterocycles. The Labute approximate surface area is 166 Å². The topological polar surface area (TPSA) is 92.6 Å². The molecule has 29 heavy (non-hydrogen) atoms. The van der Waals surface area contributed by atoms with Crippen LogP contribution >= 0.6 is 0 Å². The maximum Gasteiger partial charge on any atom is 0.301 e. The lowest BCUT2D eigenvalue weighted by atomic mass is 10.1. The number of nitriles is 1. The number of para-hydroxylation sites is 3. The van der Waals surface area contributed by atoms with Gasteiger partial charge in [-0.2, -0.15) is 20.0 Å². The maximum absolute atomic E-state index is 9.55. The molecule has 5 rings (SSSR count). The van der Waals surface area contributed by atoms with Crippen LogP contribution < -0.4 is 5.32 Å². The van der Waals surface area contributed by atoms with Crippen molar-refractivity contribution >= 4 is 33.8 Å². The summed E-state index contributed by atoms with van der Waals surface area (Å²) in [7, 11) is 0. The molecule has 0 aliphatic rings. The Morgan fingerprint density at radius 2 is 1.90 bits per heavy atom. The van der Waals surface area contributed by atoms with Gasteiger partial charge < -0.3 is 4.42 Å². The summed E-state index contributed by atoms with van der Waals surface area (Å²) in [4.78, 5) is 9.23. The smallest absolute Gasteiger partial charge is 0.301 e. The monoisotopic (exact) mass is 380 g/mol. The standard InChI is InChI=1S/C22H16N6O/c1-13-6-5-7-16-14(2)10-19(26-20(13)16)28-21(15(11-23)12-24-28)27-22-25-17-8-3-4-9-18(17)29-22/h3-10,12H,1-2H3,(H,25,27). The number of nitrogens with one attached hydrogen (secondary N) is 1. The molecule has 0 saturated carbocycles. The van der Waals surface area contributed by atoms with Gasteiger partial charge in [0, 0.05) is 5.39 Å². The fraction of sp³-hybridized carbons (Fsp3) is 0.0909. The number of oxazole rings is 1. The summed E-state index contributed by atoms with van der Waals surface area (Å²) in [6.07, 6.45) is 1.50. The first kappa shape index (κ1) is 17.0. The Hall–Kier alpha value is -4.18. The number of hydrogen-bond donors (Lipinski definition) is 1. The van der Waals surface area contributed by atoms with Crippen LogP contribution in [0.15, 0.2) is 59.1 Å². The van der Waals surface area contributed by atoms with E-state index in [9.17, 15) is 5.26 Å². The highest BCUT2D eigenvalue weighted by molar-refractivity contribution is 5.86. The molecule has 2 aromatic carbocycles. The molecule has 0 amide bonds. The van der Waals surface area contributed by atoms with Crippen LogP contribution in [0.2, 0.25) is 0 Å². The third-order valence-electron chi connectivity index (χ3n) is 4.86. The van der Waals surface area contributed by atoms with Gasteiger partial charge >= 0.3 is 6.01 Å². The molecule has 0 aliphatic heterocycles. The van der Waals surface area contributed by atoms with Crippen molar-refractivity contribution in [3.8, 4) is 11.9 Å². The van der Waals surface area contributed by atoms with Gasteiger partial charge in [0.1, 0.15) is 17.1 Å². The summed E-state index contributed by atoms with van der Waals surface area (Å²) in [5.74, 6) is 1.07. The second-order valence-electron chi connectivity index (χ2n) is 6.81. The van der Waals surface area contributed by atoms with E-state index in [-0.39, 0.29) is 6.01 Å². The summed E-state index contributed by atoms with van der Waals surface area (Å²) in [5.41, 5.74) is 4.83. The quantitative estimate of drug-likeness (QED) is 0.484. The number of aryl methyl sites for hydroxylation is 2. The lowest BCUT2D eigenvalue weighted by molar-refractivity contribution is 0.621. The van der Waals surface area contributed by atoms with Gasteiger partial charge in [-0.15, -0.1) is 0 Å². The summed E-state index contributed by atoms with van der Waals surface area (Å²) >= 11 is 0. The van der Waals surface area contributed by atoms with Crippen LogP contribution in [0.1, 0.15) is 16.7 Å². The SMILES string of the molecule is Cc1cc(-n2ncc(C#N)c2Nc2nc3ccccc3o2)nc2c(C)cccc12. The van der Waals surface area contributed by atoms with Crippen LogP contribution in [0.25, 0.3) is 27.8 Å². The molecule has 0 aliphatic carbocycles. The third kappa shape index (κ3) is 2.78. The zero-order valence-electron chi connectivity index (χ0n) is 15.8. The van der Waals surface area contributed by atoms with Crippen LogP contribution in [-0.2, 0) is 0 Å². The molecule has 0 unspecified atom stereocenters. The first-order valence-electron chi connectivity index (χ1n) is 9.12. The number of nitrogens with zero attached hydrogens (tertiary/aromatic N) is 5. The second-order valence-corrected chi connectivity index (χ2v) is 6.81.